The van der Waals surface area contributed by atoms with Gasteiger partial charge >= 0.3 is 0 Å². The average molecular weight is 198 g/mol. The number of hydrogen-bond donors (Lipinski definition) is 1. The second-order valence-electron chi connectivity index (χ2n) is 3.08. The standard InChI is InChI=1S/C12H10N2O/c15-14-9-10-4-6-11(7-5-10)12-3-1-2-8-13-12/h1-9,15H/b14-9-. The van der Waals surface area contributed by atoms with Gasteiger partial charge in [0.15, 0.2) is 0 Å². The fraction of sp³-hybridized carbons (Fsp3) is 0. The van der Waals surface area contributed by atoms with Crippen LogP contribution in [0.25, 0.3) is 11.3 Å². The molecule has 0 saturated heterocycles. The molecule has 0 amide bonds. The third-order valence-corrected chi connectivity index (χ3v) is 2.08. The Bertz CT molecular complexity index is 449. The highest BCUT2D eigenvalue weighted by Gasteiger charge is 1.96. The largest absolute Gasteiger partial charge is 0.411 e. The molecule has 0 spiro atoms. The van der Waals surface area contributed by atoms with Crippen molar-refractivity contribution in [2.24, 2.45) is 5.16 Å². The molecule has 1 N–H and O–H groups in total. The molecule has 0 aliphatic heterocycles. The summed E-state index contributed by atoms with van der Waals surface area (Å²) in [5.41, 5.74) is 2.84. The van der Waals surface area contributed by atoms with E-state index < -0.39 is 0 Å². The van der Waals surface area contributed by atoms with Crippen LogP contribution in [0.5, 0.6) is 0 Å². The minimum absolute atomic E-state index is 0.859. The zero-order valence-corrected chi connectivity index (χ0v) is 8.04. The number of nitrogens with zero attached hydrogens (tertiary/aromatic N) is 2. The van der Waals surface area contributed by atoms with Crippen molar-refractivity contribution < 1.29 is 5.21 Å². The molecule has 2 rings (SSSR count). The van der Waals surface area contributed by atoms with Crippen molar-refractivity contribution in [2.45, 2.75) is 0 Å². The Labute approximate surface area is 87.7 Å². The maximum atomic E-state index is 8.36. The zero-order chi connectivity index (χ0) is 10.5. The lowest BCUT2D eigenvalue weighted by Crippen LogP contribution is -1.84. The molecule has 0 radical (unpaired) electrons. The molecule has 1 aromatic heterocycles. The van der Waals surface area contributed by atoms with Crippen LogP contribution in [0.4, 0.5) is 0 Å². The average Bonchev–Trinajstić information content (AvgIpc) is 2.32. The number of benzene rings is 1. The summed E-state index contributed by atoms with van der Waals surface area (Å²) < 4.78 is 0. The highest BCUT2D eigenvalue weighted by atomic mass is 16.4. The van der Waals surface area contributed by atoms with Gasteiger partial charge in [-0.15, -0.1) is 0 Å². The second kappa shape index (κ2) is 4.37. The second-order valence-corrected chi connectivity index (χ2v) is 3.08. The summed E-state index contributed by atoms with van der Waals surface area (Å²) >= 11 is 0. The van der Waals surface area contributed by atoms with Gasteiger partial charge < -0.3 is 5.21 Å². The number of oxime groups is 1. The van der Waals surface area contributed by atoms with Gasteiger partial charge in [-0.2, -0.15) is 0 Å². The van der Waals surface area contributed by atoms with E-state index in [0.29, 0.717) is 0 Å². The minimum Gasteiger partial charge on any atom is -0.411 e. The van der Waals surface area contributed by atoms with Crippen molar-refractivity contribution in [1.29, 1.82) is 0 Å². The first-order chi connectivity index (χ1) is 7.40. The summed E-state index contributed by atoms with van der Waals surface area (Å²) in [5.74, 6) is 0. The Morgan fingerprint density at radius 1 is 1.07 bits per heavy atom. The fourth-order valence-corrected chi connectivity index (χ4v) is 1.34. The smallest absolute Gasteiger partial charge is 0.0733 e. The topological polar surface area (TPSA) is 45.5 Å². The quantitative estimate of drug-likeness (QED) is 0.458. The third kappa shape index (κ3) is 2.20. The van der Waals surface area contributed by atoms with Crippen LogP contribution in [0.2, 0.25) is 0 Å². The lowest BCUT2D eigenvalue weighted by molar-refractivity contribution is 0.322. The van der Waals surface area contributed by atoms with Crippen molar-refractivity contribution in [3.05, 3.63) is 54.2 Å². The van der Waals surface area contributed by atoms with Crippen LogP contribution in [0.1, 0.15) is 5.56 Å². The van der Waals surface area contributed by atoms with Gasteiger partial charge in [0.2, 0.25) is 0 Å². The molecule has 3 nitrogen and oxygen atoms in total. The van der Waals surface area contributed by atoms with E-state index in [-0.39, 0.29) is 0 Å². The number of rotatable bonds is 2. The SMILES string of the molecule is O/N=C\c1ccc(-c2ccccn2)cc1. The first kappa shape index (κ1) is 9.40. The molecule has 0 unspecified atom stereocenters. The molecule has 0 saturated carbocycles. The van der Waals surface area contributed by atoms with Crippen LogP contribution < -0.4 is 0 Å². The van der Waals surface area contributed by atoms with E-state index in [2.05, 4.69) is 10.1 Å². The summed E-state index contributed by atoms with van der Waals surface area (Å²) in [4.78, 5) is 4.24. The molecule has 2 aromatic rings. The number of aromatic nitrogens is 1. The van der Waals surface area contributed by atoms with E-state index in [4.69, 9.17) is 5.21 Å². The molecule has 1 heterocycles. The van der Waals surface area contributed by atoms with Crippen LogP contribution in [0.3, 0.4) is 0 Å². The summed E-state index contributed by atoms with van der Waals surface area (Å²) in [6.45, 7) is 0. The lowest BCUT2D eigenvalue weighted by Gasteiger charge is -1.99. The maximum absolute atomic E-state index is 8.36. The molecule has 0 atom stereocenters. The Hall–Kier alpha value is -2.16. The Balaban J connectivity index is 2.32. The predicted molar refractivity (Wildman–Crippen MR) is 59.1 cm³/mol. The molecular weight excluding hydrogens is 188 g/mol. The van der Waals surface area contributed by atoms with Gasteiger partial charge in [0.1, 0.15) is 0 Å². The number of pyridine rings is 1. The van der Waals surface area contributed by atoms with Crippen LogP contribution >= 0.6 is 0 Å². The normalized spacial score (nSPS) is 10.7. The summed E-state index contributed by atoms with van der Waals surface area (Å²) in [6, 6.07) is 13.4. The summed E-state index contributed by atoms with van der Waals surface area (Å²) in [6.07, 6.45) is 3.15. The van der Waals surface area contributed by atoms with E-state index in [1.54, 1.807) is 6.20 Å². The van der Waals surface area contributed by atoms with Crippen molar-refractivity contribution >= 4 is 6.21 Å². The molecule has 74 valence electrons. The van der Waals surface area contributed by atoms with Crippen LogP contribution in [0, 0.1) is 0 Å². The fourth-order valence-electron chi connectivity index (χ4n) is 1.34. The lowest BCUT2D eigenvalue weighted by atomic mass is 10.1. The molecule has 0 bridgehead atoms. The van der Waals surface area contributed by atoms with Crippen molar-refractivity contribution in [3.8, 4) is 11.3 Å². The van der Waals surface area contributed by atoms with Crippen LogP contribution in [0.15, 0.2) is 53.8 Å². The van der Waals surface area contributed by atoms with E-state index >= 15 is 0 Å². The highest BCUT2D eigenvalue weighted by molar-refractivity contribution is 5.80. The number of hydrogen-bond acceptors (Lipinski definition) is 3. The Kier molecular flexibility index (Phi) is 2.74. The summed E-state index contributed by atoms with van der Waals surface area (Å²) in [7, 11) is 0. The van der Waals surface area contributed by atoms with Gasteiger partial charge in [-0.25, -0.2) is 0 Å². The van der Waals surface area contributed by atoms with E-state index in [0.717, 1.165) is 16.8 Å². The van der Waals surface area contributed by atoms with Gasteiger partial charge in [0.25, 0.3) is 0 Å². The molecule has 0 aliphatic rings. The highest BCUT2D eigenvalue weighted by Crippen LogP contribution is 2.15. The molecule has 1 aromatic carbocycles. The maximum Gasteiger partial charge on any atom is 0.0733 e. The van der Waals surface area contributed by atoms with Crippen LogP contribution in [-0.2, 0) is 0 Å². The van der Waals surface area contributed by atoms with Gasteiger partial charge in [0, 0.05) is 11.8 Å². The Morgan fingerprint density at radius 2 is 1.87 bits per heavy atom. The van der Waals surface area contributed by atoms with E-state index in [1.165, 1.54) is 6.21 Å². The first-order valence-electron chi connectivity index (χ1n) is 4.59. The third-order valence-electron chi connectivity index (χ3n) is 2.08. The molecule has 0 fully saturated rings. The molecular formula is C12H10N2O. The van der Waals surface area contributed by atoms with Crippen molar-refractivity contribution in [2.75, 3.05) is 0 Å². The monoisotopic (exact) mass is 198 g/mol. The van der Waals surface area contributed by atoms with Gasteiger partial charge in [-0.1, -0.05) is 35.5 Å². The van der Waals surface area contributed by atoms with E-state index in [9.17, 15) is 0 Å². The van der Waals surface area contributed by atoms with Gasteiger partial charge in [-0.3, -0.25) is 4.98 Å². The predicted octanol–water partition coefficient (Wildman–Crippen LogP) is 2.56. The zero-order valence-electron chi connectivity index (χ0n) is 8.04. The molecule has 3 heteroatoms. The molecule has 0 aliphatic carbocycles. The summed E-state index contributed by atoms with van der Waals surface area (Å²) in [5, 5.41) is 11.3. The van der Waals surface area contributed by atoms with Crippen molar-refractivity contribution in [1.82, 2.24) is 4.98 Å². The first-order valence-corrected chi connectivity index (χ1v) is 4.59. The van der Waals surface area contributed by atoms with Gasteiger partial charge in [-0.05, 0) is 17.7 Å². The Morgan fingerprint density at radius 3 is 2.47 bits per heavy atom. The minimum atomic E-state index is 0.859. The molecule has 15 heavy (non-hydrogen) atoms. The van der Waals surface area contributed by atoms with E-state index in [1.807, 2.05) is 42.5 Å². The van der Waals surface area contributed by atoms with Crippen molar-refractivity contribution in [3.63, 3.8) is 0 Å². The van der Waals surface area contributed by atoms with Crippen LogP contribution in [-0.4, -0.2) is 16.4 Å². The van der Waals surface area contributed by atoms with Gasteiger partial charge in [0.05, 0.1) is 11.9 Å².